The Kier molecular flexibility index (Phi) is 3.53. The zero-order chi connectivity index (χ0) is 13.3. The van der Waals surface area contributed by atoms with Crippen molar-refractivity contribution in [1.29, 1.82) is 0 Å². The van der Waals surface area contributed by atoms with Crippen molar-refractivity contribution in [3.05, 3.63) is 29.8 Å². The summed E-state index contributed by atoms with van der Waals surface area (Å²) in [5.74, 6) is 1.96. The van der Waals surface area contributed by atoms with Crippen LogP contribution in [-0.4, -0.2) is 12.6 Å². The van der Waals surface area contributed by atoms with Crippen molar-refractivity contribution in [1.82, 2.24) is 0 Å². The number of para-hydroxylation sites is 1. The summed E-state index contributed by atoms with van der Waals surface area (Å²) in [6.07, 6.45) is 7.75. The van der Waals surface area contributed by atoms with E-state index < -0.39 is 0 Å². The molecule has 1 aliphatic carbocycles. The number of benzene rings is 1. The quantitative estimate of drug-likeness (QED) is 0.901. The van der Waals surface area contributed by atoms with Crippen molar-refractivity contribution in [3.63, 3.8) is 0 Å². The van der Waals surface area contributed by atoms with Crippen molar-refractivity contribution in [2.75, 3.05) is 6.54 Å². The Hall–Kier alpha value is -1.02. The minimum absolute atomic E-state index is 0.333. The Labute approximate surface area is 116 Å². The fourth-order valence-electron chi connectivity index (χ4n) is 3.72. The van der Waals surface area contributed by atoms with Crippen molar-refractivity contribution in [3.8, 4) is 5.75 Å². The van der Waals surface area contributed by atoms with Crippen LogP contribution in [0.1, 0.15) is 44.6 Å². The van der Waals surface area contributed by atoms with Crippen LogP contribution < -0.4 is 10.5 Å². The van der Waals surface area contributed by atoms with Gasteiger partial charge in [-0.3, -0.25) is 0 Å². The van der Waals surface area contributed by atoms with E-state index in [9.17, 15) is 0 Å². The maximum Gasteiger partial charge on any atom is 0.123 e. The summed E-state index contributed by atoms with van der Waals surface area (Å²) in [5, 5.41) is 0. The van der Waals surface area contributed by atoms with Gasteiger partial charge in [0.2, 0.25) is 0 Å². The van der Waals surface area contributed by atoms with E-state index in [1.54, 1.807) is 0 Å². The van der Waals surface area contributed by atoms with Crippen molar-refractivity contribution in [2.24, 2.45) is 17.1 Å². The third-order valence-electron chi connectivity index (χ3n) is 5.14. The van der Waals surface area contributed by atoms with Gasteiger partial charge in [0.05, 0.1) is 0 Å². The molecular formula is C17H25NO. The molecule has 1 heterocycles. The lowest BCUT2D eigenvalue weighted by atomic mass is 9.68. The van der Waals surface area contributed by atoms with E-state index in [0.717, 1.165) is 31.1 Å². The van der Waals surface area contributed by atoms with Crippen LogP contribution in [0.15, 0.2) is 24.3 Å². The first-order valence-corrected chi connectivity index (χ1v) is 7.65. The van der Waals surface area contributed by atoms with Crippen molar-refractivity contribution < 1.29 is 4.74 Å². The predicted octanol–water partition coefficient (Wildman–Crippen LogP) is 3.54. The summed E-state index contributed by atoms with van der Waals surface area (Å²) in [6, 6.07) is 8.44. The molecule has 1 aromatic carbocycles. The average Bonchev–Trinajstić information content (AvgIpc) is 2.83. The number of hydrogen-bond acceptors (Lipinski definition) is 2. The van der Waals surface area contributed by atoms with Gasteiger partial charge in [0.1, 0.15) is 11.9 Å². The summed E-state index contributed by atoms with van der Waals surface area (Å²) in [7, 11) is 0. The molecular weight excluding hydrogens is 234 g/mol. The zero-order valence-corrected chi connectivity index (χ0v) is 11.9. The highest BCUT2D eigenvalue weighted by Crippen LogP contribution is 2.44. The Morgan fingerprint density at radius 1 is 1.26 bits per heavy atom. The third-order valence-corrected chi connectivity index (χ3v) is 5.14. The van der Waals surface area contributed by atoms with Gasteiger partial charge < -0.3 is 10.5 Å². The SMILES string of the molecule is CC1CCC(CN)(CC2Cc3ccccc3O2)CC1. The first kappa shape index (κ1) is 13.0. The summed E-state index contributed by atoms with van der Waals surface area (Å²) in [5.41, 5.74) is 7.81. The number of rotatable bonds is 3. The van der Waals surface area contributed by atoms with Gasteiger partial charge in [-0.15, -0.1) is 0 Å². The largest absolute Gasteiger partial charge is 0.490 e. The molecule has 2 nitrogen and oxygen atoms in total. The van der Waals surface area contributed by atoms with Crippen molar-refractivity contribution in [2.45, 2.75) is 51.6 Å². The highest BCUT2D eigenvalue weighted by atomic mass is 16.5. The van der Waals surface area contributed by atoms with E-state index in [-0.39, 0.29) is 0 Å². The fraction of sp³-hybridized carbons (Fsp3) is 0.647. The van der Waals surface area contributed by atoms with Crippen LogP contribution >= 0.6 is 0 Å². The highest BCUT2D eigenvalue weighted by molar-refractivity contribution is 5.37. The number of hydrogen-bond donors (Lipinski definition) is 1. The molecule has 1 aliphatic heterocycles. The van der Waals surface area contributed by atoms with E-state index in [1.165, 1.54) is 31.2 Å². The highest BCUT2D eigenvalue weighted by Gasteiger charge is 2.37. The predicted molar refractivity (Wildman–Crippen MR) is 78.3 cm³/mol. The molecule has 2 aliphatic rings. The second-order valence-corrected chi connectivity index (χ2v) is 6.64. The average molecular weight is 259 g/mol. The van der Waals surface area contributed by atoms with E-state index >= 15 is 0 Å². The van der Waals surface area contributed by atoms with Crippen LogP contribution in [0.5, 0.6) is 5.75 Å². The molecule has 0 aromatic heterocycles. The molecule has 0 spiro atoms. The zero-order valence-electron chi connectivity index (χ0n) is 11.9. The van der Waals surface area contributed by atoms with Gasteiger partial charge in [0.15, 0.2) is 0 Å². The first-order chi connectivity index (χ1) is 9.21. The minimum Gasteiger partial charge on any atom is -0.490 e. The molecule has 1 atom stereocenters. The van der Waals surface area contributed by atoms with Gasteiger partial charge in [0, 0.05) is 6.42 Å². The number of fused-ring (bicyclic) bond motifs is 1. The normalized spacial score (nSPS) is 33.8. The summed E-state index contributed by atoms with van der Waals surface area (Å²) in [4.78, 5) is 0. The lowest BCUT2D eigenvalue weighted by Gasteiger charge is -2.40. The molecule has 19 heavy (non-hydrogen) atoms. The van der Waals surface area contributed by atoms with Gasteiger partial charge in [0.25, 0.3) is 0 Å². The Morgan fingerprint density at radius 2 is 2.00 bits per heavy atom. The molecule has 104 valence electrons. The molecule has 0 saturated heterocycles. The molecule has 1 unspecified atom stereocenters. The smallest absolute Gasteiger partial charge is 0.123 e. The number of nitrogens with two attached hydrogens (primary N) is 1. The summed E-state index contributed by atoms with van der Waals surface area (Å²) >= 11 is 0. The van der Waals surface area contributed by atoms with Gasteiger partial charge in [-0.05, 0) is 48.8 Å². The van der Waals surface area contributed by atoms with Crippen LogP contribution in [-0.2, 0) is 6.42 Å². The Morgan fingerprint density at radius 3 is 2.68 bits per heavy atom. The molecule has 1 fully saturated rings. The summed E-state index contributed by atoms with van der Waals surface area (Å²) in [6.45, 7) is 3.18. The second kappa shape index (κ2) is 5.16. The van der Waals surface area contributed by atoms with Gasteiger partial charge in [-0.1, -0.05) is 38.0 Å². The van der Waals surface area contributed by atoms with Crippen LogP contribution in [0.3, 0.4) is 0 Å². The lowest BCUT2D eigenvalue weighted by molar-refractivity contribution is 0.0883. The van der Waals surface area contributed by atoms with E-state index in [2.05, 4.69) is 31.2 Å². The van der Waals surface area contributed by atoms with Gasteiger partial charge >= 0.3 is 0 Å². The second-order valence-electron chi connectivity index (χ2n) is 6.64. The number of ether oxygens (including phenoxy) is 1. The summed E-state index contributed by atoms with van der Waals surface area (Å²) < 4.78 is 6.11. The molecule has 0 radical (unpaired) electrons. The maximum absolute atomic E-state index is 6.11. The molecule has 1 saturated carbocycles. The van der Waals surface area contributed by atoms with Crippen molar-refractivity contribution >= 4 is 0 Å². The molecule has 1 aromatic rings. The molecule has 2 heteroatoms. The minimum atomic E-state index is 0.333. The molecule has 0 bridgehead atoms. The Bertz CT molecular complexity index is 410. The lowest BCUT2D eigenvalue weighted by Crippen LogP contribution is -2.38. The third kappa shape index (κ3) is 2.64. The Balaban J connectivity index is 1.66. The van der Waals surface area contributed by atoms with E-state index in [4.69, 9.17) is 10.5 Å². The van der Waals surface area contributed by atoms with Crippen LogP contribution in [0.2, 0.25) is 0 Å². The standard InChI is InChI=1S/C17H25NO/c1-13-6-8-17(12-18,9-7-13)11-15-10-14-4-2-3-5-16(14)19-15/h2-5,13,15H,6-12,18H2,1H3. The van der Waals surface area contributed by atoms with E-state index in [0.29, 0.717) is 11.5 Å². The topological polar surface area (TPSA) is 35.2 Å². The first-order valence-electron chi connectivity index (χ1n) is 7.65. The molecule has 3 rings (SSSR count). The molecule has 2 N–H and O–H groups in total. The van der Waals surface area contributed by atoms with Crippen LogP contribution in [0.25, 0.3) is 0 Å². The van der Waals surface area contributed by atoms with Gasteiger partial charge in [-0.2, -0.15) is 0 Å². The van der Waals surface area contributed by atoms with Crippen LogP contribution in [0, 0.1) is 11.3 Å². The molecule has 0 amide bonds. The monoisotopic (exact) mass is 259 g/mol. The van der Waals surface area contributed by atoms with Gasteiger partial charge in [-0.25, -0.2) is 0 Å². The fourth-order valence-corrected chi connectivity index (χ4v) is 3.72. The van der Waals surface area contributed by atoms with Crippen LogP contribution in [0.4, 0.5) is 0 Å². The maximum atomic E-state index is 6.11. The van der Waals surface area contributed by atoms with E-state index in [1.807, 2.05) is 0 Å².